The number of fused-ring (bicyclic) bond motifs is 1. The predicted octanol–water partition coefficient (Wildman–Crippen LogP) is 4.57. The number of rotatable bonds is 6. The summed E-state index contributed by atoms with van der Waals surface area (Å²) in [7, 11) is 0. The lowest BCUT2D eigenvalue weighted by molar-refractivity contribution is -0.117. The molecule has 3 rings (SSSR count). The van der Waals surface area contributed by atoms with Crippen molar-refractivity contribution in [2.24, 2.45) is 4.99 Å². The summed E-state index contributed by atoms with van der Waals surface area (Å²) in [5.74, 6) is 0.654. The summed E-state index contributed by atoms with van der Waals surface area (Å²) in [6, 6.07) is 11.9. The molecule has 5 heteroatoms. The Balaban J connectivity index is 1.92. The Bertz CT molecular complexity index is 1040. The molecule has 0 unspecified atom stereocenters. The molecule has 0 radical (unpaired) electrons. The van der Waals surface area contributed by atoms with Gasteiger partial charge in [0.2, 0.25) is 0 Å². The maximum atomic E-state index is 12.5. The maximum absolute atomic E-state index is 12.5. The average molecular weight is 381 g/mol. The summed E-state index contributed by atoms with van der Waals surface area (Å²) in [5.41, 5.74) is 4.48. The van der Waals surface area contributed by atoms with Gasteiger partial charge >= 0.3 is 0 Å². The molecular formula is C22H24N2O2S. The van der Waals surface area contributed by atoms with Crippen LogP contribution in [0.4, 0.5) is 0 Å². The lowest BCUT2D eigenvalue weighted by Crippen LogP contribution is -2.17. The number of ether oxygens (including phenoxy) is 1. The first-order valence-corrected chi connectivity index (χ1v) is 9.84. The van der Waals surface area contributed by atoms with Gasteiger partial charge in [0.1, 0.15) is 5.75 Å². The number of carbonyl (C=O) groups is 1. The number of thiazole rings is 1. The Hall–Kier alpha value is -2.66. The van der Waals surface area contributed by atoms with Crippen LogP contribution in [0.2, 0.25) is 0 Å². The second-order valence-corrected chi connectivity index (χ2v) is 7.46. The van der Waals surface area contributed by atoms with E-state index in [1.807, 2.05) is 37.3 Å². The monoisotopic (exact) mass is 380 g/mol. The van der Waals surface area contributed by atoms with E-state index in [1.54, 1.807) is 11.3 Å². The fourth-order valence-corrected chi connectivity index (χ4v) is 4.04. The molecule has 1 aromatic heterocycles. The van der Waals surface area contributed by atoms with Crippen LogP contribution in [0.3, 0.4) is 0 Å². The van der Waals surface area contributed by atoms with Gasteiger partial charge in [-0.1, -0.05) is 29.5 Å². The van der Waals surface area contributed by atoms with Crippen LogP contribution < -0.4 is 9.54 Å². The second kappa shape index (κ2) is 8.35. The van der Waals surface area contributed by atoms with Gasteiger partial charge in [-0.05, 0) is 61.7 Å². The van der Waals surface area contributed by atoms with Gasteiger partial charge in [-0.2, -0.15) is 4.99 Å². The molecule has 1 amide bonds. The summed E-state index contributed by atoms with van der Waals surface area (Å²) in [6.45, 7) is 11.2. The normalized spacial score (nSPS) is 11.7. The standard InChI is InChI=1S/C22H24N2O2S/c1-5-11-24-19-12-15(3)16(4)13-20(19)27-22(24)23-21(25)14-17-7-9-18(10-8-17)26-6-2/h5,7-10,12-13H,1,6,11,14H2,2-4H3. The highest BCUT2D eigenvalue weighted by molar-refractivity contribution is 7.16. The molecule has 4 nitrogen and oxygen atoms in total. The van der Waals surface area contributed by atoms with Crippen molar-refractivity contribution in [2.45, 2.75) is 33.7 Å². The molecule has 140 valence electrons. The number of hydrogen-bond donors (Lipinski definition) is 0. The molecule has 0 fully saturated rings. The molecule has 2 aromatic carbocycles. The van der Waals surface area contributed by atoms with Crippen molar-refractivity contribution in [2.75, 3.05) is 6.61 Å². The zero-order chi connectivity index (χ0) is 19.4. The number of allylic oxidation sites excluding steroid dienone is 1. The molecule has 0 bridgehead atoms. The highest BCUT2D eigenvalue weighted by Gasteiger charge is 2.09. The molecule has 0 saturated carbocycles. The quantitative estimate of drug-likeness (QED) is 0.588. The van der Waals surface area contributed by atoms with Crippen molar-refractivity contribution in [1.82, 2.24) is 4.57 Å². The number of aromatic nitrogens is 1. The summed E-state index contributed by atoms with van der Waals surface area (Å²) >= 11 is 1.54. The molecule has 1 heterocycles. The number of carbonyl (C=O) groups excluding carboxylic acids is 1. The first-order chi connectivity index (χ1) is 13.0. The zero-order valence-electron chi connectivity index (χ0n) is 16.0. The van der Waals surface area contributed by atoms with E-state index in [4.69, 9.17) is 4.74 Å². The highest BCUT2D eigenvalue weighted by atomic mass is 32.1. The molecule has 0 saturated heterocycles. The van der Waals surface area contributed by atoms with E-state index in [2.05, 4.69) is 42.1 Å². The number of aryl methyl sites for hydroxylation is 2. The van der Waals surface area contributed by atoms with Gasteiger partial charge in [-0.3, -0.25) is 4.79 Å². The topological polar surface area (TPSA) is 43.6 Å². The first-order valence-electron chi connectivity index (χ1n) is 9.02. The first kappa shape index (κ1) is 19.1. The molecule has 0 aliphatic carbocycles. The summed E-state index contributed by atoms with van der Waals surface area (Å²) in [4.78, 5) is 17.6. The van der Waals surface area contributed by atoms with Crippen molar-refractivity contribution < 1.29 is 9.53 Å². The van der Waals surface area contributed by atoms with Gasteiger partial charge in [-0.25, -0.2) is 0 Å². The molecule has 0 atom stereocenters. The third-order valence-electron chi connectivity index (χ3n) is 4.42. The van der Waals surface area contributed by atoms with Crippen molar-refractivity contribution in [1.29, 1.82) is 0 Å². The predicted molar refractivity (Wildman–Crippen MR) is 111 cm³/mol. The van der Waals surface area contributed by atoms with E-state index in [9.17, 15) is 4.79 Å². The number of hydrogen-bond acceptors (Lipinski definition) is 3. The Morgan fingerprint density at radius 1 is 1.22 bits per heavy atom. The molecular weight excluding hydrogens is 356 g/mol. The minimum Gasteiger partial charge on any atom is -0.494 e. The van der Waals surface area contributed by atoms with E-state index < -0.39 is 0 Å². The van der Waals surface area contributed by atoms with Crippen LogP contribution >= 0.6 is 11.3 Å². The van der Waals surface area contributed by atoms with E-state index in [-0.39, 0.29) is 12.3 Å². The van der Waals surface area contributed by atoms with Crippen LogP contribution in [0.15, 0.2) is 54.0 Å². The Kier molecular flexibility index (Phi) is 5.91. The van der Waals surface area contributed by atoms with Crippen molar-refractivity contribution in [3.63, 3.8) is 0 Å². The molecule has 0 N–H and O–H groups in total. The largest absolute Gasteiger partial charge is 0.494 e. The second-order valence-electron chi connectivity index (χ2n) is 6.45. The summed E-state index contributed by atoms with van der Waals surface area (Å²) in [6.07, 6.45) is 2.10. The fraction of sp³-hybridized carbons (Fsp3) is 0.273. The summed E-state index contributed by atoms with van der Waals surface area (Å²) < 4.78 is 8.62. The smallest absolute Gasteiger partial charge is 0.252 e. The number of nitrogens with zero attached hydrogens (tertiary/aromatic N) is 2. The van der Waals surface area contributed by atoms with Gasteiger partial charge in [0.05, 0.1) is 23.2 Å². The van der Waals surface area contributed by atoms with Crippen LogP contribution in [0, 0.1) is 13.8 Å². The van der Waals surface area contributed by atoms with E-state index in [0.29, 0.717) is 18.0 Å². The van der Waals surface area contributed by atoms with E-state index in [0.717, 1.165) is 21.5 Å². The molecule has 0 aliphatic rings. The van der Waals surface area contributed by atoms with Crippen LogP contribution in [0.25, 0.3) is 10.2 Å². The third-order valence-corrected chi connectivity index (χ3v) is 5.46. The van der Waals surface area contributed by atoms with Crippen molar-refractivity contribution in [3.05, 3.63) is 70.5 Å². The Morgan fingerprint density at radius 3 is 2.59 bits per heavy atom. The van der Waals surface area contributed by atoms with Crippen LogP contribution in [-0.4, -0.2) is 17.1 Å². The molecule has 27 heavy (non-hydrogen) atoms. The van der Waals surface area contributed by atoms with Crippen LogP contribution in [0.5, 0.6) is 5.75 Å². The molecule has 0 spiro atoms. The SMILES string of the molecule is C=CCn1c(=NC(=O)Cc2ccc(OCC)cc2)sc2cc(C)c(C)cc21. The zero-order valence-corrected chi connectivity index (χ0v) is 16.8. The fourth-order valence-electron chi connectivity index (χ4n) is 2.90. The maximum Gasteiger partial charge on any atom is 0.252 e. The minimum absolute atomic E-state index is 0.156. The Labute approximate surface area is 163 Å². The van der Waals surface area contributed by atoms with Crippen LogP contribution in [0.1, 0.15) is 23.6 Å². The minimum atomic E-state index is -0.156. The number of benzene rings is 2. The molecule has 3 aromatic rings. The van der Waals surface area contributed by atoms with Crippen molar-refractivity contribution >= 4 is 27.5 Å². The third kappa shape index (κ3) is 4.37. The van der Waals surface area contributed by atoms with Gasteiger partial charge in [0.15, 0.2) is 4.80 Å². The van der Waals surface area contributed by atoms with Gasteiger partial charge < -0.3 is 9.30 Å². The lowest BCUT2D eigenvalue weighted by Gasteiger charge is -2.04. The van der Waals surface area contributed by atoms with Gasteiger partial charge in [0, 0.05) is 6.54 Å². The van der Waals surface area contributed by atoms with Crippen molar-refractivity contribution in [3.8, 4) is 5.75 Å². The van der Waals surface area contributed by atoms with Crippen LogP contribution in [-0.2, 0) is 17.8 Å². The average Bonchev–Trinajstić information content (AvgIpc) is 2.94. The van der Waals surface area contributed by atoms with E-state index in [1.165, 1.54) is 11.1 Å². The lowest BCUT2D eigenvalue weighted by atomic mass is 10.1. The van der Waals surface area contributed by atoms with Gasteiger partial charge in [0.25, 0.3) is 5.91 Å². The highest BCUT2D eigenvalue weighted by Crippen LogP contribution is 2.22. The van der Waals surface area contributed by atoms with E-state index >= 15 is 0 Å². The van der Waals surface area contributed by atoms with Gasteiger partial charge in [-0.15, -0.1) is 6.58 Å². The summed E-state index contributed by atoms with van der Waals surface area (Å²) in [5, 5.41) is 0. The Morgan fingerprint density at radius 2 is 1.93 bits per heavy atom. The molecule has 0 aliphatic heterocycles. The number of amides is 1.